The fraction of sp³-hybridized carbons (Fsp3) is 0.455. The Morgan fingerprint density at radius 2 is 1.46 bits per heavy atom. The van der Waals surface area contributed by atoms with E-state index in [-0.39, 0.29) is 0 Å². The second kappa shape index (κ2) is 3.79. The Hall–Kier alpha value is -1.02. The third kappa shape index (κ3) is 1.83. The van der Waals surface area contributed by atoms with Gasteiger partial charge in [-0.1, -0.05) is 6.07 Å². The normalized spacial score (nSPS) is 10.2. The van der Waals surface area contributed by atoms with Crippen LogP contribution in [0, 0.1) is 27.7 Å². The summed E-state index contributed by atoms with van der Waals surface area (Å²) < 4.78 is 0. The van der Waals surface area contributed by atoms with Crippen LogP contribution in [0.1, 0.15) is 22.3 Å². The molecular weight excluding hydrogens is 162 g/mol. The van der Waals surface area contributed by atoms with E-state index in [0.717, 1.165) is 5.69 Å². The van der Waals surface area contributed by atoms with E-state index in [0.29, 0.717) is 0 Å². The monoisotopic (exact) mass is 179 g/mol. The minimum atomic E-state index is 1.10. The molecule has 0 amide bonds. The lowest BCUT2D eigenvalue weighted by atomic mass is 9.99. The van der Waals surface area contributed by atoms with Crippen LogP contribution in [0.3, 0.4) is 0 Å². The van der Waals surface area contributed by atoms with Gasteiger partial charge in [0.25, 0.3) is 0 Å². The molecule has 1 aromatic carbocycles. The van der Waals surface area contributed by atoms with E-state index in [2.05, 4.69) is 39.2 Å². The number of anilines is 1. The average molecular weight is 179 g/mol. The van der Waals surface area contributed by atoms with Gasteiger partial charge in [0.05, 0.1) is 12.8 Å². The fourth-order valence-electron chi connectivity index (χ4n) is 1.47. The van der Waals surface area contributed by atoms with Crippen LogP contribution in [0.4, 0.5) is 5.69 Å². The largest absolute Gasteiger partial charge is 0.279 e. The number of hydrogen-bond acceptors (Lipinski definition) is 2. The highest BCUT2D eigenvalue weighted by Gasteiger charge is 2.07. The SMILES string of the molecule is CONc1c(C)c(C)cc(C)c1C. The Kier molecular flexibility index (Phi) is 2.94. The highest BCUT2D eigenvalue weighted by atomic mass is 16.6. The van der Waals surface area contributed by atoms with Crippen molar-refractivity contribution < 1.29 is 4.84 Å². The summed E-state index contributed by atoms with van der Waals surface area (Å²) in [6.07, 6.45) is 0. The first-order chi connectivity index (χ1) is 6.07. The zero-order chi connectivity index (χ0) is 10.0. The lowest BCUT2D eigenvalue weighted by Crippen LogP contribution is -2.03. The molecule has 0 heterocycles. The molecule has 2 heteroatoms. The fourth-order valence-corrected chi connectivity index (χ4v) is 1.47. The zero-order valence-electron chi connectivity index (χ0n) is 8.99. The van der Waals surface area contributed by atoms with Gasteiger partial charge >= 0.3 is 0 Å². The van der Waals surface area contributed by atoms with Gasteiger partial charge in [-0.15, -0.1) is 0 Å². The molecule has 0 aromatic heterocycles. The van der Waals surface area contributed by atoms with E-state index in [1.165, 1.54) is 22.3 Å². The molecule has 0 unspecified atom stereocenters. The van der Waals surface area contributed by atoms with Crippen LogP contribution in [0.2, 0.25) is 0 Å². The van der Waals surface area contributed by atoms with E-state index in [9.17, 15) is 0 Å². The number of rotatable bonds is 2. The molecule has 0 saturated heterocycles. The number of nitrogens with one attached hydrogen (secondary N) is 1. The summed E-state index contributed by atoms with van der Waals surface area (Å²) in [5, 5.41) is 0. The van der Waals surface area contributed by atoms with Gasteiger partial charge in [0.2, 0.25) is 0 Å². The Bertz CT molecular complexity index is 292. The van der Waals surface area contributed by atoms with Gasteiger partial charge in [-0.05, 0) is 49.9 Å². The second-order valence-electron chi connectivity index (χ2n) is 3.44. The molecule has 1 N–H and O–H groups in total. The summed E-state index contributed by atoms with van der Waals surface area (Å²) in [5.74, 6) is 0. The van der Waals surface area contributed by atoms with Crippen LogP contribution >= 0.6 is 0 Å². The van der Waals surface area contributed by atoms with E-state index < -0.39 is 0 Å². The van der Waals surface area contributed by atoms with Crippen molar-refractivity contribution >= 4 is 5.69 Å². The standard InChI is InChI=1S/C11H17NO/c1-7-6-8(2)10(4)11(9(7)3)12-13-5/h6,12H,1-5H3. The van der Waals surface area contributed by atoms with E-state index in [4.69, 9.17) is 4.84 Å². The average Bonchev–Trinajstić information content (AvgIpc) is 2.09. The van der Waals surface area contributed by atoms with Crippen molar-refractivity contribution in [3.63, 3.8) is 0 Å². The van der Waals surface area contributed by atoms with Gasteiger partial charge in [0.1, 0.15) is 0 Å². The van der Waals surface area contributed by atoms with Crippen LogP contribution in [0.25, 0.3) is 0 Å². The van der Waals surface area contributed by atoms with Crippen LogP contribution in [-0.4, -0.2) is 7.11 Å². The molecule has 0 atom stereocenters. The summed E-state index contributed by atoms with van der Waals surface area (Å²) in [4.78, 5) is 4.95. The van der Waals surface area contributed by atoms with E-state index >= 15 is 0 Å². The molecule has 0 spiro atoms. The Balaban J connectivity index is 3.28. The molecule has 0 aliphatic carbocycles. The second-order valence-corrected chi connectivity index (χ2v) is 3.44. The summed E-state index contributed by atoms with van der Waals surface area (Å²) in [7, 11) is 1.64. The first-order valence-electron chi connectivity index (χ1n) is 4.44. The highest BCUT2D eigenvalue weighted by molar-refractivity contribution is 5.60. The molecule has 0 radical (unpaired) electrons. The number of hydrogen-bond donors (Lipinski definition) is 1. The third-order valence-electron chi connectivity index (χ3n) is 2.57. The van der Waals surface area contributed by atoms with Crippen molar-refractivity contribution in [2.24, 2.45) is 0 Å². The van der Waals surface area contributed by atoms with Gasteiger partial charge in [0.15, 0.2) is 0 Å². The van der Waals surface area contributed by atoms with Gasteiger partial charge in [-0.3, -0.25) is 10.3 Å². The topological polar surface area (TPSA) is 21.3 Å². The van der Waals surface area contributed by atoms with Crippen molar-refractivity contribution in [3.8, 4) is 0 Å². The quantitative estimate of drug-likeness (QED) is 0.705. The first-order valence-corrected chi connectivity index (χ1v) is 4.44. The van der Waals surface area contributed by atoms with Crippen molar-refractivity contribution in [2.75, 3.05) is 12.6 Å². The molecule has 2 nitrogen and oxygen atoms in total. The van der Waals surface area contributed by atoms with Crippen molar-refractivity contribution in [3.05, 3.63) is 28.3 Å². The molecule has 13 heavy (non-hydrogen) atoms. The number of aryl methyl sites for hydroxylation is 2. The molecule has 1 aromatic rings. The molecule has 0 bridgehead atoms. The van der Waals surface area contributed by atoms with Crippen molar-refractivity contribution in [1.82, 2.24) is 0 Å². The summed E-state index contributed by atoms with van der Waals surface area (Å²) in [6.45, 7) is 8.43. The molecule has 72 valence electrons. The minimum absolute atomic E-state index is 1.10. The molecule has 0 aliphatic heterocycles. The maximum absolute atomic E-state index is 4.95. The Labute approximate surface area is 79.9 Å². The maximum atomic E-state index is 4.95. The lowest BCUT2D eigenvalue weighted by Gasteiger charge is -2.15. The van der Waals surface area contributed by atoms with Crippen molar-refractivity contribution in [2.45, 2.75) is 27.7 Å². The Morgan fingerprint density at radius 3 is 1.85 bits per heavy atom. The van der Waals surface area contributed by atoms with Crippen molar-refractivity contribution in [1.29, 1.82) is 0 Å². The molecule has 0 fully saturated rings. The molecule has 0 aliphatic rings. The predicted molar refractivity (Wildman–Crippen MR) is 56.0 cm³/mol. The zero-order valence-corrected chi connectivity index (χ0v) is 8.99. The minimum Gasteiger partial charge on any atom is -0.279 e. The lowest BCUT2D eigenvalue weighted by molar-refractivity contribution is 0.270. The van der Waals surface area contributed by atoms with E-state index in [1.807, 2.05) is 0 Å². The van der Waals surface area contributed by atoms with Crippen LogP contribution in [-0.2, 0) is 4.84 Å². The summed E-state index contributed by atoms with van der Waals surface area (Å²) in [5.41, 5.74) is 9.12. The number of benzene rings is 1. The van der Waals surface area contributed by atoms with Crippen LogP contribution in [0.15, 0.2) is 6.07 Å². The highest BCUT2D eigenvalue weighted by Crippen LogP contribution is 2.26. The Morgan fingerprint density at radius 1 is 1.00 bits per heavy atom. The molecule has 0 saturated carbocycles. The predicted octanol–water partition coefficient (Wildman–Crippen LogP) is 2.89. The van der Waals surface area contributed by atoms with Crippen LogP contribution < -0.4 is 5.48 Å². The molecule has 1 rings (SSSR count). The molecular formula is C11H17NO. The summed E-state index contributed by atoms with van der Waals surface area (Å²) in [6, 6.07) is 2.20. The van der Waals surface area contributed by atoms with Crippen LogP contribution in [0.5, 0.6) is 0 Å². The van der Waals surface area contributed by atoms with Gasteiger partial charge < -0.3 is 0 Å². The third-order valence-corrected chi connectivity index (χ3v) is 2.57. The van der Waals surface area contributed by atoms with Gasteiger partial charge in [0, 0.05) is 0 Å². The summed E-state index contributed by atoms with van der Waals surface area (Å²) >= 11 is 0. The first kappa shape index (κ1) is 10.1. The smallest absolute Gasteiger partial charge is 0.0668 e. The maximum Gasteiger partial charge on any atom is 0.0668 e. The van der Waals surface area contributed by atoms with Gasteiger partial charge in [-0.2, -0.15) is 0 Å². The van der Waals surface area contributed by atoms with E-state index in [1.54, 1.807) is 7.11 Å². The van der Waals surface area contributed by atoms with Gasteiger partial charge in [-0.25, -0.2) is 0 Å².